The monoisotopic (exact) mass is 331 g/mol. The van der Waals surface area contributed by atoms with Crippen molar-refractivity contribution in [1.82, 2.24) is 0 Å². The molecular formula is C20H17N3O2. The molecular weight excluding hydrogens is 314 g/mol. The molecule has 0 bridgehead atoms. The van der Waals surface area contributed by atoms with E-state index in [-0.39, 0.29) is 5.57 Å². The Bertz CT molecular complexity index is 993. The molecule has 0 saturated heterocycles. The molecule has 2 aromatic carbocycles. The fourth-order valence-corrected chi connectivity index (χ4v) is 2.42. The number of carbonyl (C=O) groups excluding carboxylic acids is 1. The van der Waals surface area contributed by atoms with Crippen LogP contribution in [0.5, 0.6) is 0 Å². The molecule has 5 heteroatoms. The normalized spacial score (nSPS) is 11.2. The van der Waals surface area contributed by atoms with Gasteiger partial charge in [-0.15, -0.1) is 0 Å². The molecule has 0 unspecified atom stereocenters. The molecule has 0 atom stereocenters. The van der Waals surface area contributed by atoms with Crippen LogP contribution in [0.3, 0.4) is 0 Å². The molecule has 0 spiro atoms. The van der Waals surface area contributed by atoms with Crippen molar-refractivity contribution in [3.8, 4) is 6.07 Å². The Kier molecular flexibility index (Phi) is 4.53. The van der Waals surface area contributed by atoms with E-state index >= 15 is 0 Å². The van der Waals surface area contributed by atoms with E-state index < -0.39 is 5.91 Å². The second-order valence-electron chi connectivity index (χ2n) is 5.76. The van der Waals surface area contributed by atoms with Crippen LogP contribution in [0, 0.1) is 11.3 Å². The predicted octanol–water partition coefficient (Wildman–Crippen LogP) is 4.04. The molecule has 124 valence electrons. The topological polar surface area (TPSA) is 69.3 Å². The van der Waals surface area contributed by atoms with E-state index in [2.05, 4.69) is 5.32 Å². The second kappa shape index (κ2) is 6.93. The van der Waals surface area contributed by atoms with Crippen LogP contribution in [-0.4, -0.2) is 20.0 Å². The number of nitrogens with one attached hydrogen (secondary N) is 1. The molecule has 1 N–H and O–H groups in total. The van der Waals surface area contributed by atoms with Crippen LogP contribution in [0.4, 0.5) is 11.6 Å². The Morgan fingerprint density at radius 3 is 2.56 bits per heavy atom. The number of fused-ring (bicyclic) bond motifs is 1. The van der Waals surface area contributed by atoms with E-state index in [4.69, 9.17) is 4.42 Å². The highest BCUT2D eigenvalue weighted by Gasteiger charge is 2.11. The minimum absolute atomic E-state index is 0.0205. The van der Waals surface area contributed by atoms with Gasteiger partial charge in [0.05, 0.1) is 0 Å². The largest absolute Gasteiger partial charge is 0.441 e. The molecule has 0 aliphatic heterocycles. The smallest absolute Gasteiger partial charge is 0.266 e. The van der Waals surface area contributed by atoms with Crippen molar-refractivity contribution in [3.05, 3.63) is 65.9 Å². The molecule has 0 fully saturated rings. The van der Waals surface area contributed by atoms with Gasteiger partial charge in [-0.2, -0.15) is 5.26 Å². The van der Waals surface area contributed by atoms with E-state index in [9.17, 15) is 10.1 Å². The minimum atomic E-state index is -0.472. The molecule has 3 aromatic rings. The summed E-state index contributed by atoms with van der Waals surface area (Å²) in [6.07, 6.45) is 1.43. The molecule has 1 amide bonds. The van der Waals surface area contributed by atoms with Gasteiger partial charge in [-0.3, -0.25) is 4.79 Å². The zero-order chi connectivity index (χ0) is 17.8. The summed E-state index contributed by atoms with van der Waals surface area (Å²) in [7, 11) is 3.70. The summed E-state index contributed by atoms with van der Waals surface area (Å²) < 4.78 is 5.55. The van der Waals surface area contributed by atoms with E-state index in [0.717, 1.165) is 10.8 Å². The quantitative estimate of drug-likeness (QED) is 0.578. The molecule has 25 heavy (non-hydrogen) atoms. The van der Waals surface area contributed by atoms with Gasteiger partial charge in [0.15, 0.2) is 5.88 Å². The molecule has 5 nitrogen and oxygen atoms in total. The average molecular weight is 331 g/mol. The van der Waals surface area contributed by atoms with Crippen LogP contribution in [0.25, 0.3) is 16.8 Å². The Balaban J connectivity index is 1.81. The van der Waals surface area contributed by atoms with Gasteiger partial charge in [-0.1, -0.05) is 30.3 Å². The number of hydrogen-bond donors (Lipinski definition) is 1. The third-order valence-electron chi connectivity index (χ3n) is 3.71. The van der Waals surface area contributed by atoms with Gasteiger partial charge in [0.1, 0.15) is 17.4 Å². The van der Waals surface area contributed by atoms with Crippen molar-refractivity contribution in [1.29, 1.82) is 5.26 Å². The second-order valence-corrected chi connectivity index (χ2v) is 5.76. The number of carbonyl (C=O) groups is 1. The van der Waals surface area contributed by atoms with Gasteiger partial charge >= 0.3 is 0 Å². The third kappa shape index (κ3) is 3.70. The number of nitriles is 1. The SMILES string of the molecule is CN(C)c1ccc(/C=C(/C#N)C(=O)Nc2ccc3ccccc3c2)o1. The molecule has 0 radical (unpaired) electrons. The molecule has 1 aromatic heterocycles. The summed E-state index contributed by atoms with van der Waals surface area (Å²) in [5.74, 6) is 0.632. The first-order chi connectivity index (χ1) is 12.1. The molecule has 0 aliphatic carbocycles. The number of anilines is 2. The number of benzene rings is 2. The van der Waals surface area contributed by atoms with E-state index in [1.54, 1.807) is 17.0 Å². The zero-order valence-corrected chi connectivity index (χ0v) is 14.0. The van der Waals surface area contributed by atoms with E-state index in [1.165, 1.54) is 6.08 Å². The van der Waals surface area contributed by atoms with Crippen LogP contribution >= 0.6 is 0 Å². The van der Waals surface area contributed by atoms with Gasteiger partial charge in [0.2, 0.25) is 0 Å². The first-order valence-electron chi connectivity index (χ1n) is 7.76. The Hall–Kier alpha value is -3.52. The maximum absolute atomic E-state index is 12.4. The highest BCUT2D eigenvalue weighted by atomic mass is 16.4. The van der Waals surface area contributed by atoms with E-state index in [1.807, 2.05) is 62.6 Å². The average Bonchev–Trinajstić information content (AvgIpc) is 3.08. The summed E-state index contributed by atoms with van der Waals surface area (Å²) in [5, 5.41) is 14.1. The van der Waals surface area contributed by atoms with Crippen LogP contribution < -0.4 is 10.2 Å². The number of hydrogen-bond acceptors (Lipinski definition) is 4. The highest BCUT2D eigenvalue weighted by Crippen LogP contribution is 2.21. The standard InChI is InChI=1S/C20H17N3O2/c1-23(2)19-10-9-18(25-19)12-16(13-21)20(24)22-17-8-7-14-5-3-4-6-15(14)11-17/h3-12H,1-2H3,(H,22,24)/b16-12-. The minimum Gasteiger partial charge on any atom is -0.441 e. The van der Waals surface area contributed by atoms with E-state index in [0.29, 0.717) is 17.3 Å². The van der Waals surface area contributed by atoms with Crippen LogP contribution in [0.15, 0.2) is 64.6 Å². The molecule has 1 heterocycles. The number of rotatable bonds is 4. The van der Waals surface area contributed by atoms with Crippen molar-refractivity contribution >= 4 is 34.3 Å². The van der Waals surface area contributed by atoms with Crippen molar-refractivity contribution in [3.63, 3.8) is 0 Å². The van der Waals surface area contributed by atoms with Crippen molar-refractivity contribution in [2.24, 2.45) is 0 Å². The van der Waals surface area contributed by atoms with Crippen LogP contribution in [-0.2, 0) is 4.79 Å². The maximum Gasteiger partial charge on any atom is 0.266 e. The summed E-state index contributed by atoms with van der Waals surface area (Å²) in [6.45, 7) is 0. The lowest BCUT2D eigenvalue weighted by atomic mass is 10.1. The first kappa shape index (κ1) is 16.3. The van der Waals surface area contributed by atoms with Crippen LogP contribution in [0.2, 0.25) is 0 Å². The van der Waals surface area contributed by atoms with Gasteiger partial charge < -0.3 is 14.6 Å². The summed E-state index contributed by atoms with van der Waals surface area (Å²) in [4.78, 5) is 14.2. The Morgan fingerprint density at radius 2 is 1.88 bits per heavy atom. The van der Waals surface area contributed by atoms with Gasteiger partial charge in [-0.05, 0) is 29.0 Å². The number of nitrogens with zero attached hydrogens (tertiary/aromatic N) is 2. The third-order valence-corrected chi connectivity index (χ3v) is 3.71. The fourth-order valence-electron chi connectivity index (χ4n) is 2.42. The fraction of sp³-hybridized carbons (Fsp3) is 0.100. The maximum atomic E-state index is 12.4. The molecule has 3 rings (SSSR count). The van der Waals surface area contributed by atoms with Crippen molar-refractivity contribution < 1.29 is 9.21 Å². The lowest BCUT2D eigenvalue weighted by molar-refractivity contribution is -0.112. The lowest BCUT2D eigenvalue weighted by Crippen LogP contribution is -2.13. The van der Waals surface area contributed by atoms with Crippen LogP contribution in [0.1, 0.15) is 5.76 Å². The van der Waals surface area contributed by atoms with Crippen molar-refractivity contribution in [2.75, 3.05) is 24.3 Å². The van der Waals surface area contributed by atoms with Gasteiger partial charge in [0, 0.05) is 31.9 Å². The van der Waals surface area contributed by atoms with Gasteiger partial charge in [0.25, 0.3) is 5.91 Å². The number of amides is 1. The number of furan rings is 1. The molecule has 0 saturated carbocycles. The predicted molar refractivity (Wildman–Crippen MR) is 99.2 cm³/mol. The highest BCUT2D eigenvalue weighted by molar-refractivity contribution is 6.10. The summed E-state index contributed by atoms with van der Waals surface area (Å²) in [5.41, 5.74) is 0.617. The molecule has 0 aliphatic rings. The first-order valence-corrected chi connectivity index (χ1v) is 7.76. The summed E-state index contributed by atoms with van der Waals surface area (Å²) >= 11 is 0. The van der Waals surface area contributed by atoms with Gasteiger partial charge in [-0.25, -0.2) is 0 Å². The zero-order valence-electron chi connectivity index (χ0n) is 14.0. The Morgan fingerprint density at radius 1 is 1.12 bits per heavy atom. The lowest BCUT2D eigenvalue weighted by Gasteiger charge is -2.06. The Labute approximate surface area is 145 Å². The summed E-state index contributed by atoms with van der Waals surface area (Å²) in [6, 6.07) is 18.9. The van der Waals surface area contributed by atoms with Crippen molar-refractivity contribution in [2.45, 2.75) is 0 Å².